The van der Waals surface area contributed by atoms with E-state index in [0.717, 1.165) is 49.4 Å². The van der Waals surface area contributed by atoms with Crippen molar-refractivity contribution in [1.82, 2.24) is 0 Å². The first kappa shape index (κ1) is 11.4. The molecule has 0 bridgehead atoms. The highest BCUT2D eigenvalue weighted by molar-refractivity contribution is 6.00. The van der Waals surface area contributed by atoms with E-state index in [0.29, 0.717) is 0 Å². The first-order chi connectivity index (χ1) is 8.73. The summed E-state index contributed by atoms with van der Waals surface area (Å²) in [5.41, 5.74) is 1.59. The Hall–Kier alpha value is -1.71. The van der Waals surface area contributed by atoms with Gasteiger partial charge in [-0.25, -0.2) is 0 Å². The summed E-state index contributed by atoms with van der Waals surface area (Å²) in [6.45, 7) is 0.734. The summed E-state index contributed by atoms with van der Waals surface area (Å²) in [4.78, 5) is 12.4. The van der Waals surface area contributed by atoms with Crippen molar-refractivity contribution in [3.63, 3.8) is 0 Å². The van der Waals surface area contributed by atoms with Crippen LogP contribution < -0.4 is 15.4 Å². The Morgan fingerprint density at radius 1 is 1.22 bits per heavy atom. The maximum absolute atomic E-state index is 12.4. The molecule has 0 saturated heterocycles. The van der Waals surface area contributed by atoms with Crippen LogP contribution in [0.2, 0.25) is 0 Å². The molecule has 2 aliphatic rings. The van der Waals surface area contributed by atoms with Crippen molar-refractivity contribution in [2.24, 2.45) is 5.41 Å². The third-order valence-corrected chi connectivity index (χ3v) is 4.13. The molecule has 0 aromatic heterocycles. The first-order valence-electron chi connectivity index (χ1n) is 6.47. The topological polar surface area (TPSA) is 50.4 Å². The van der Waals surface area contributed by atoms with Gasteiger partial charge in [0.2, 0.25) is 5.91 Å². The van der Waals surface area contributed by atoms with Gasteiger partial charge in [-0.1, -0.05) is 12.8 Å². The van der Waals surface area contributed by atoms with E-state index < -0.39 is 0 Å². The van der Waals surface area contributed by atoms with Crippen molar-refractivity contribution < 1.29 is 9.53 Å². The molecule has 1 fully saturated rings. The van der Waals surface area contributed by atoms with Gasteiger partial charge in [0.05, 0.1) is 23.9 Å². The molecule has 4 heteroatoms. The number of fused-ring (bicyclic) bond motifs is 1. The first-order valence-corrected chi connectivity index (χ1v) is 6.47. The SMILES string of the molecule is COc1ccc2c(c1)NC(=O)C1(CCCC1)CN2. The molecule has 1 saturated carbocycles. The molecule has 0 atom stereocenters. The van der Waals surface area contributed by atoms with Crippen LogP contribution in [-0.4, -0.2) is 19.6 Å². The lowest BCUT2D eigenvalue weighted by Gasteiger charge is -2.24. The highest BCUT2D eigenvalue weighted by atomic mass is 16.5. The summed E-state index contributed by atoms with van der Waals surface area (Å²) in [6.07, 6.45) is 4.26. The molecule has 96 valence electrons. The summed E-state index contributed by atoms with van der Waals surface area (Å²) in [7, 11) is 1.63. The second-order valence-electron chi connectivity index (χ2n) is 5.21. The molecule has 4 nitrogen and oxygen atoms in total. The van der Waals surface area contributed by atoms with Crippen molar-refractivity contribution in [3.05, 3.63) is 18.2 Å². The molecule has 3 rings (SSSR count). The van der Waals surface area contributed by atoms with Crippen LogP contribution in [0.25, 0.3) is 0 Å². The van der Waals surface area contributed by atoms with Gasteiger partial charge in [-0.15, -0.1) is 0 Å². The van der Waals surface area contributed by atoms with Crippen molar-refractivity contribution in [2.45, 2.75) is 25.7 Å². The highest BCUT2D eigenvalue weighted by Gasteiger charge is 2.42. The number of amides is 1. The molecule has 18 heavy (non-hydrogen) atoms. The zero-order valence-corrected chi connectivity index (χ0v) is 10.6. The number of nitrogens with one attached hydrogen (secondary N) is 2. The fourth-order valence-corrected chi connectivity index (χ4v) is 2.96. The van der Waals surface area contributed by atoms with Gasteiger partial charge in [0, 0.05) is 12.6 Å². The van der Waals surface area contributed by atoms with Crippen LogP contribution in [0.15, 0.2) is 18.2 Å². The quantitative estimate of drug-likeness (QED) is 0.801. The Labute approximate surface area is 107 Å². The maximum atomic E-state index is 12.4. The Kier molecular flexibility index (Phi) is 2.65. The normalized spacial score (nSPS) is 20.8. The summed E-state index contributed by atoms with van der Waals surface area (Å²) in [5.74, 6) is 0.915. The number of methoxy groups -OCH3 is 1. The minimum absolute atomic E-state index is 0.152. The predicted molar refractivity (Wildman–Crippen MR) is 71.0 cm³/mol. The third kappa shape index (κ3) is 1.72. The highest BCUT2D eigenvalue weighted by Crippen LogP contribution is 2.42. The molecule has 2 N–H and O–H groups in total. The largest absolute Gasteiger partial charge is 0.497 e. The van der Waals surface area contributed by atoms with Crippen LogP contribution in [-0.2, 0) is 4.79 Å². The zero-order valence-electron chi connectivity index (χ0n) is 10.6. The molecule has 1 aromatic carbocycles. The number of carbonyl (C=O) groups is 1. The molecule has 1 amide bonds. The number of hydrogen-bond donors (Lipinski definition) is 2. The standard InChI is InChI=1S/C14H18N2O2/c1-18-10-4-5-11-12(8-10)16-13(17)14(9-15-11)6-2-3-7-14/h4-5,8,15H,2-3,6-7,9H2,1H3,(H,16,17). The average molecular weight is 246 g/mol. The van der Waals surface area contributed by atoms with Gasteiger partial charge < -0.3 is 15.4 Å². The van der Waals surface area contributed by atoms with Gasteiger partial charge in [-0.2, -0.15) is 0 Å². The van der Waals surface area contributed by atoms with Gasteiger partial charge in [0.1, 0.15) is 5.75 Å². The van der Waals surface area contributed by atoms with Gasteiger partial charge >= 0.3 is 0 Å². The van der Waals surface area contributed by atoms with E-state index in [-0.39, 0.29) is 11.3 Å². The minimum Gasteiger partial charge on any atom is -0.497 e. The zero-order chi connectivity index (χ0) is 12.6. The van der Waals surface area contributed by atoms with Crippen molar-refractivity contribution >= 4 is 17.3 Å². The van der Waals surface area contributed by atoms with E-state index in [1.807, 2.05) is 18.2 Å². The number of hydrogen-bond acceptors (Lipinski definition) is 3. The van der Waals surface area contributed by atoms with Crippen molar-refractivity contribution in [2.75, 3.05) is 24.3 Å². The van der Waals surface area contributed by atoms with Crippen molar-refractivity contribution in [3.8, 4) is 5.75 Å². The molecule has 1 heterocycles. The van der Waals surface area contributed by atoms with Gasteiger partial charge in [-0.05, 0) is 25.0 Å². The van der Waals surface area contributed by atoms with Gasteiger partial charge in [-0.3, -0.25) is 4.79 Å². The molecule has 1 aromatic rings. The lowest BCUT2D eigenvalue weighted by Crippen LogP contribution is -2.37. The molecule has 1 aliphatic carbocycles. The molecular weight excluding hydrogens is 228 g/mol. The second kappa shape index (κ2) is 4.19. The lowest BCUT2D eigenvalue weighted by molar-refractivity contribution is -0.124. The van der Waals surface area contributed by atoms with Crippen LogP contribution >= 0.6 is 0 Å². The Morgan fingerprint density at radius 2 is 2.00 bits per heavy atom. The van der Waals surface area contributed by atoms with Crippen LogP contribution in [0.5, 0.6) is 5.75 Å². The molecular formula is C14H18N2O2. The summed E-state index contributed by atoms with van der Waals surface area (Å²) < 4.78 is 5.19. The second-order valence-corrected chi connectivity index (χ2v) is 5.21. The maximum Gasteiger partial charge on any atom is 0.232 e. The Bertz CT molecular complexity index is 479. The Balaban J connectivity index is 1.93. The van der Waals surface area contributed by atoms with E-state index in [9.17, 15) is 4.79 Å². The fraction of sp³-hybridized carbons (Fsp3) is 0.500. The summed E-state index contributed by atoms with van der Waals surface area (Å²) in [5, 5.41) is 6.45. The Morgan fingerprint density at radius 3 is 2.72 bits per heavy atom. The monoisotopic (exact) mass is 246 g/mol. The minimum atomic E-state index is -0.216. The van der Waals surface area contributed by atoms with Crippen LogP contribution in [0, 0.1) is 5.41 Å². The van der Waals surface area contributed by atoms with Crippen LogP contribution in [0.1, 0.15) is 25.7 Å². The molecule has 0 radical (unpaired) electrons. The van der Waals surface area contributed by atoms with E-state index >= 15 is 0 Å². The fourth-order valence-electron chi connectivity index (χ4n) is 2.96. The molecule has 1 aliphatic heterocycles. The van der Waals surface area contributed by atoms with Gasteiger partial charge in [0.25, 0.3) is 0 Å². The number of carbonyl (C=O) groups excluding carboxylic acids is 1. The van der Waals surface area contributed by atoms with Crippen LogP contribution in [0.3, 0.4) is 0 Å². The number of ether oxygens (including phenoxy) is 1. The van der Waals surface area contributed by atoms with Crippen LogP contribution in [0.4, 0.5) is 11.4 Å². The van der Waals surface area contributed by atoms with Gasteiger partial charge in [0.15, 0.2) is 0 Å². The third-order valence-electron chi connectivity index (χ3n) is 4.13. The summed E-state index contributed by atoms with van der Waals surface area (Å²) >= 11 is 0. The molecule has 0 unspecified atom stereocenters. The summed E-state index contributed by atoms with van der Waals surface area (Å²) in [6, 6.07) is 5.74. The molecule has 1 spiro atoms. The number of benzene rings is 1. The number of rotatable bonds is 1. The smallest absolute Gasteiger partial charge is 0.232 e. The van der Waals surface area contributed by atoms with E-state index in [1.54, 1.807) is 7.11 Å². The number of anilines is 2. The van der Waals surface area contributed by atoms with E-state index in [4.69, 9.17) is 4.74 Å². The predicted octanol–water partition coefficient (Wildman–Crippen LogP) is 2.62. The lowest BCUT2D eigenvalue weighted by atomic mass is 9.85. The van der Waals surface area contributed by atoms with E-state index in [1.165, 1.54) is 0 Å². The average Bonchev–Trinajstić information content (AvgIpc) is 2.82. The van der Waals surface area contributed by atoms with Crippen molar-refractivity contribution in [1.29, 1.82) is 0 Å². The van der Waals surface area contributed by atoms with E-state index in [2.05, 4.69) is 10.6 Å².